The highest BCUT2D eigenvalue weighted by Crippen LogP contribution is 2.23. The number of guanidine groups is 1. The lowest BCUT2D eigenvalue weighted by Crippen LogP contribution is -2.59. The maximum atomic E-state index is 14.6. The van der Waals surface area contributed by atoms with E-state index < -0.39 is 145 Å². The number of carboxylic acid groups (broad SMARTS) is 2. The number of carbonyl (C=O) groups is 12. The number of amides is 10. The number of likely N-dealkylation sites (tertiary alicyclic amines) is 2. The van der Waals surface area contributed by atoms with Crippen LogP contribution in [0.5, 0.6) is 0 Å². The number of aliphatic imine (C=N–C) groups is 1. The smallest absolute Gasteiger partial charge is 0.326 e. The van der Waals surface area contributed by atoms with Crippen molar-refractivity contribution in [2.24, 2.45) is 45.1 Å². The molecule has 2 rings (SSSR count). The number of aliphatic carboxylic acids is 2. The third kappa shape index (κ3) is 26.1. The van der Waals surface area contributed by atoms with Crippen LogP contribution in [-0.4, -0.2) is 211 Å². The van der Waals surface area contributed by atoms with E-state index in [1.807, 2.05) is 0 Å². The number of rotatable bonds is 41. The predicted octanol–water partition coefficient (Wildman–Crippen LogP) is -6.80. The van der Waals surface area contributed by atoms with Gasteiger partial charge >= 0.3 is 11.9 Å². The molecule has 0 aromatic heterocycles. The zero-order chi connectivity index (χ0) is 61.1. The highest BCUT2D eigenvalue weighted by Gasteiger charge is 2.42. The van der Waals surface area contributed by atoms with Gasteiger partial charge in [-0.2, -0.15) is 0 Å². The van der Waals surface area contributed by atoms with Crippen molar-refractivity contribution in [2.45, 2.75) is 170 Å². The van der Waals surface area contributed by atoms with E-state index in [0.29, 0.717) is 70.9 Å². The van der Waals surface area contributed by atoms with E-state index in [2.05, 4.69) is 47.5 Å². The summed E-state index contributed by atoms with van der Waals surface area (Å²) in [5, 5.41) is 39.4. The third-order valence-corrected chi connectivity index (χ3v) is 13.6. The third-order valence-electron chi connectivity index (χ3n) is 13.6. The van der Waals surface area contributed by atoms with Crippen LogP contribution in [-0.2, 0) is 57.5 Å². The molecule has 0 saturated carbocycles. The standard InChI is InChI=1S/C50H90N18O14/c51-19-5-1-12-30(61-38(69)27-55)42(74)59-29-40(71)63-35(26-41(72)73)48(80)68-25-11-18-37(68)46(78)65-32(13-2-6-20-52)44(76)66-33(14-3-7-21-53)47(79)67-24-10-17-36(67)45(77)64-31(16-9-23-58-50(56)57)43(75)60-28-39(70)62-34(49(81)82)15-4-8-22-54/h30-37H,1-29,51-55H2,(H,59,74)(H,60,75)(H,61,69)(H,62,70)(H,63,71)(H,64,77)(H,65,78)(H,66,76)(H,72,73)(H,81,82)(H4,56,57,58)/t30-,31-,32-,33-,34-,35-,36-,37-/m0/s1. The molecular formula is C50H90N18O14. The molecule has 0 unspecified atom stereocenters. The number of nitrogens with zero attached hydrogens (tertiary/aromatic N) is 3. The Kier molecular flexibility index (Phi) is 33.8. The molecule has 0 aromatic carbocycles. The minimum absolute atomic E-state index is 0.0207. The summed E-state index contributed by atoms with van der Waals surface area (Å²) < 4.78 is 0. The molecule has 8 atom stereocenters. The Morgan fingerprint density at radius 1 is 0.463 bits per heavy atom. The van der Waals surface area contributed by atoms with Crippen LogP contribution in [0, 0.1) is 0 Å². The molecule has 2 fully saturated rings. The second-order valence-corrected chi connectivity index (χ2v) is 20.1. The van der Waals surface area contributed by atoms with Crippen molar-refractivity contribution >= 4 is 77.0 Å². The number of hydrogen-bond acceptors (Lipinski definition) is 18. The highest BCUT2D eigenvalue weighted by atomic mass is 16.4. The Balaban J connectivity index is 2.31. The van der Waals surface area contributed by atoms with Gasteiger partial charge in [0.2, 0.25) is 59.1 Å². The second-order valence-electron chi connectivity index (χ2n) is 20.1. The zero-order valence-corrected chi connectivity index (χ0v) is 46.8. The molecule has 0 bridgehead atoms. The molecule has 2 saturated heterocycles. The van der Waals surface area contributed by atoms with Crippen LogP contribution in [0.3, 0.4) is 0 Å². The van der Waals surface area contributed by atoms with E-state index >= 15 is 0 Å². The van der Waals surface area contributed by atoms with E-state index in [9.17, 15) is 67.7 Å². The summed E-state index contributed by atoms with van der Waals surface area (Å²) in [6.45, 7) is -0.440. The van der Waals surface area contributed by atoms with Crippen LogP contribution in [0.1, 0.15) is 122 Å². The lowest BCUT2D eigenvalue weighted by atomic mass is 10.0. The fraction of sp³-hybridized carbons (Fsp3) is 0.740. The average Bonchev–Trinajstić information content (AvgIpc) is 4.28. The van der Waals surface area contributed by atoms with Crippen LogP contribution in [0.15, 0.2) is 4.99 Å². The molecule has 2 aliphatic rings. The monoisotopic (exact) mass is 1170 g/mol. The van der Waals surface area contributed by atoms with Gasteiger partial charge in [-0.25, -0.2) is 4.79 Å². The molecule has 32 heteroatoms. The van der Waals surface area contributed by atoms with Gasteiger partial charge in [-0.05, 0) is 142 Å². The van der Waals surface area contributed by atoms with Crippen molar-refractivity contribution < 1.29 is 67.7 Å². The first-order chi connectivity index (χ1) is 39.1. The van der Waals surface area contributed by atoms with Crippen LogP contribution >= 0.6 is 0 Å². The number of carbonyl (C=O) groups excluding carboxylic acids is 10. The minimum Gasteiger partial charge on any atom is -0.481 e. The first-order valence-electron chi connectivity index (χ1n) is 28.1. The molecule has 2 heterocycles. The van der Waals surface area contributed by atoms with E-state index in [0.717, 1.165) is 4.90 Å². The van der Waals surface area contributed by atoms with Gasteiger partial charge < -0.3 is 103 Å². The molecule has 24 N–H and O–H groups in total. The summed E-state index contributed by atoms with van der Waals surface area (Å²) in [5.41, 5.74) is 38.9. The van der Waals surface area contributed by atoms with Gasteiger partial charge in [0.25, 0.3) is 0 Å². The van der Waals surface area contributed by atoms with Crippen molar-refractivity contribution in [2.75, 3.05) is 65.4 Å². The molecule has 82 heavy (non-hydrogen) atoms. The topological polar surface area (TPSA) is 543 Å². The molecule has 0 radical (unpaired) electrons. The summed E-state index contributed by atoms with van der Waals surface area (Å²) in [6.07, 6.45) is 4.13. The zero-order valence-electron chi connectivity index (χ0n) is 46.8. The van der Waals surface area contributed by atoms with Gasteiger partial charge in [-0.1, -0.05) is 0 Å². The quantitative estimate of drug-likeness (QED) is 0.0154. The lowest BCUT2D eigenvalue weighted by Gasteiger charge is -2.31. The van der Waals surface area contributed by atoms with E-state index in [1.54, 1.807) is 0 Å². The van der Waals surface area contributed by atoms with E-state index in [1.165, 1.54) is 4.90 Å². The van der Waals surface area contributed by atoms with Crippen LogP contribution < -0.4 is 82.7 Å². The van der Waals surface area contributed by atoms with E-state index in [-0.39, 0.29) is 96.5 Å². The Morgan fingerprint density at radius 3 is 1.28 bits per heavy atom. The number of hydrogen-bond donors (Lipinski definition) is 17. The number of nitrogens with two attached hydrogens (primary N) is 7. The van der Waals surface area contributed by atoms with Crippen LogP contribution in [0.25, 0.3) is 0 Å². The summed E-state index contributed by atoms with van der Waals surface area (Å²) in [6, 6.07) is -10.1. The molecule has 0 aliphatic carbocycles. The van der Waals surface area contributed by atoms with E-state index in [4.69, 9.17) is 40.1 Å². The minimum atomic E-state index is -1.69. The first kappa shape index (κ1) is 70.8. The van der Waals surface area contributed by atoms with Crippen LogP contribution in [0.4, 0.5) is 0 Å². The van der Waals surface area contributed by atoms with Gasteiger partial charge in [-0.15, -0.1) is 0 Å². The summed E-state index contributed by atoms with van der Waals surface area (Å²) in [5.74, 6) is -10.7. The Hall–Kier alpha value is -7.29. The van der Waals surface area contributed by atoms with Crippen LogP contribution in [0.2, 0.25) is 0 Å². The first-order valence-corrected chi connectivity index (χ1v) is 28.1. The lowest BCUT2D eigenvalue weighted by molar-refractivity contribution is -0.146. The van der Waals surface area contributed by atoms with Gasteiger partial charge in [0.05, 0.1) is 26.1 Å². The summed E-state index contributed by atoms with van der Waals surface area (Å²) >= 11 is 0. The molecule has 464 valence electrons. The number of unbranched alkanes of at least 4 members (excludes halogenated alkanes) is 4. The molecular weight excluding hydrogens is 1080 g/mol. The molecule has 10 amide bonds. The SMILES string of the molecule is NCCCC[C@H](NC(=O)CNC(=O)[C@H](CCCN=C(N)N)NC(=O)[C@@H]1CCCN1C(=O)[C@H](CCCCN)NC(=O)[C@H](CCCCN)NC(=O)[C@@H]1CCCN1C(=O)[C@H](CC(=O)O)NC(=O)CNC(=O)[C@H](CCCCN)NC(=O)CN)C(=O)O. The van der Waals surface area contributed by atoms with Gasteiger partial charge in [0.15, 0.2) is 5.96 Å². The normalized spacial score (nSPS) is 16.9. The number of nitrogens with one attached hydrogen (secondary N) is 8. The summed E-state index contributed by atoms with van der Waals surface area (Å²) in [4.78, 5) is 166. The van der Waals surface area contributed by atoms with Crippen molar-refractivity contribution in [3.05, 3.63) is 0 Å². The predicted molar refractivity (Wildman–Crippen MR) is 298 cm³/mol. The average molecular weight is 1170 g/mol. The van der Waals surface area contributed by atoms with Crippen molar-refractivity contribution in [3.63, 3.8) is 0 Å². The van der Waals surface area contributed by atoms with Gasteiger partial charge in [0.1, 0.15) is 48.3 Å². The fourth-order valence-electron chi connectivity index (χ4n) is 9.31. The fourth-order valence-corrected chi connectivity index (χ4v) is 9.31. The van der Waals surface area contributed by atoms with Gasteiger partial charge in [0, 0.05) is 19.6 Å². The second kappa shape index (κ2) is 39.2. The Bertz CT molecular complexity index is 2170. The molecule has 32 nitrogen and oxygen atoms in total. The van der Waals surface area contributed by atoms with Crippen molar-refractivity contribution in [1.29, 1.82) is 0 Å². The number of carboxylic acids is 2. The molecule has 2 aliphatic heterocycles. The van der Waals surface area contributed by atoms with Crippen molar-refractivity contribution in [3.8, 4) is 0 Å². The van der Waals surface area contributed by atoms with Gasteiger partial charge in [-0.3, -0.25) is 57.7 Å². The molecule has 0 spiro atoms. The molecule has 0 aromatic rings. The maximum Gasteiger partial charge on any atom is 0.326 e. The largest absolute Gasteiger partial charge is 0.481 e. The maximum absolute atomic E-state index is 14.6. The Morgan fingerprint density at radius 2 is 0.854 bits per heavy atom. The summed E-state index contributed by atoms with van der Waals surface area (Å²) in [7, 11) is 0. The highest BCUT2D eigenvalue weighted by molar-refractivity contribution is 5.99. The Labute approximate surface area is 476 Å². The van der Waals surface area contributed by atoms with Crippen molar-refractivity contribution in [1.82, 2.24) is 52.3 Å².